The van der Waals surface area contributed by atoms with E-state index in [4.69, 9.17) is 4.74 Å². The van der Waals surface area contributed by atoms with Crippen LogP contribution in [0, 0.1) is 0 Å². The fraction of sp³-hybridized carbons (Fsp3) is 0.667. The van der Waals surface area contributed by atoms with E-state index in [1.54, 1.807) is 0 Å². The molecule has 0 radical (unpaired) electrons. The van der Waals surface area contributed by atoms with Crippen molar-refractivity contribution < 1.29 is 4.74 Å². The molecule has 2 nitrogen and oxygen atoms in total. The van der Waals surface area contributed by atoms with E-state index in [0.717, 1.165) is 25.3 Å². The van der Waals surface area contributed by atoms with Gasteiger partial charge in [0.05, 0.1) is 0 Å². The zero-order valence-corrected chi connectivity index (χ0v) is 8.74. The zero-order chi connectivity index (χ0) is 9.64. The third kappa shape index (κ3) is 2.88. The molecular formula is C12H19NO. The SMILES string of the molecule is C1=CC(OCCN2CCCC2)=CCC1. The molecule has 0 aromatic rings. The first-order valence-corrected chi connectivity index (χ1v) is 5.67. The van der Waals surface area contributed by atoms with E-state index in [1.165, 1.54) is 32.4 Å². The maximum atomic E-state index is 5.68. The van der Waals surface area contributed by atoms with Crippen LogP contribution < -0.4 is 0 Å². The molecule has 0 aromatic carbocycles. The fourth-order valence-electron chi connectivity index (χ4n) is 2.00. The van der Waals surface area contributed by atoms with E-state index in [0.29, 0.717) is 0 Å². The third-order valence-electron chi connectivity index (χ3n) is 2.84. The molecule has 78 valence electrons. The van der Waals surface area contributed by atoms with Gasteiger partial charge in [0.25, 0.3) is 0 Å². The standard InChI is InChI=1S/C12H19NO/c1-2-6-12(7-3-1)14-11-10-13-8-4-5-9-13/h2,6-7H,1,3-5,8-11H2. The van der Waals surface area contributed by atoms with Crippen molar-refractivity contribution in [3.8, 4) is 0 Å². The number of rotatable bonds is 4. The molecule has 0 aromatic heterocycles. The van der Waals surface area contributed by atoms with Gasteiger partial charge in [-0.15, -0.1) is 0 Å². The van der Waals surface area contributed by atoms with E-state index in [2.05, 4.69) is 23.1 Å². The molecule has 0 N–H and O–H groups in total. The predicted molar refractivity (Wildman–Crippen MR) is 58.1 cm³/mol. The van der Waals surface area contributed by atoms with Crippen LogP contribution in [0.4, 0.5) is 0 Å². The monoisotopic (exact) mass is 193 g/mol. The highest BCUT2D eigenvalue weighted by molar-refractivity contribution is 5.15. The Morgan fingerprint density at radius 1 is 1.21 bits per heavy atom. The number of nitrogens with zero attached hydrogens (tertiary/aromatic N) is 1. The third-order valence-corrected chi connectivity index (χ3v) is 2.84. The van der Waals surface area contributed by atoms with Crippen LogP contribution in [0.25, 0.3) is 0 Å². The van der Waals surface area contributed by atoms with Crippen molar-refractivity contribution in [2.24, 2.45) is 0 Å². The molecule has 14 heavy (non-hydrogen) atoms. The summed E-state index contributed by atoms with van der Waals surface area (Å²) in [4.78, 5) is 2.48. The van der Waals surface area contributed by atoms with E-state index in [9.17, 15) is 0 Å². The average molecular weight is 193 g/mol. The lowest BCUT2D eigenvalue weighted by Gasteiger charge is -2.16. The largest absolute Gasteiger partial charge is 0.493 e. The molecule has 0 bridgehead atoms. The molecule has 0 amide bonds. The van der Waals surface area contributed by atoms with Gasteiger partial charge in [-0.3, -0.25) is 4.90 Å². The Balaban J connectivity index is 1.62. The predicted octanol–water partition coefficient (Wildman–Crippen LogP) is 2.33. The highest BCUT2D eigenvalue weighted by Gasteiger charge is 2.10. The Labute approximate surface area is 86.2 Å². The van der Waals surface area contributed by atoms with Crippen molar-refractivity contribution in [1.29, 1.82) is 0 Å². The van der Waals surface area contributed by atoms with Gasteiger partial charge in [0.2, 0.25) is 0 Å². The molecule has 1 saturated heterocycles. The van der Waals surface area contributed by atoms with Crippen LogP contribution in [0.5, 0.6) is 0 Å². The summed E-state index contributed by atoms with van der Waals surface area (Å²) in [5.41, 5.74) is 0. The Morgan fingerprint density at radius 2 is 2.07 bits per heavy atom. The number of likely N-dealkylation sites (tertiary alicyclic amines) is 1. The van der Waals surface area contributed by atoms with Crippen molar-refractivity contribution >= 4 is 0 Å². The molecule has 0 spiro atoms. The average Bonchev–Trinajstić information content (AvgIpc) is 2.72. The summed E-state index contributed by atoms with van der Waals surface area (Å²) in [5.74, 6) is 1.07. The van der Waals surface area contributed by atoms with E-state index < -0.39 is 0 Å². The van der Waals surface area contributed by atoms with Crippen molar-refractivity contribution in [2.75, 3.05) is 26.2 Å². The first-order chi connectivity index (χ1) is 6.95. The van der Waals surface area contributed by atoms with Gasteiger partial charge in [-0.25, -0.2) is 0 Å². The highest BCUT2D eigenvalue weighted by atomic mass is 16.5. The smallest absolute Gasteiger partial charge is 0.115 e. The van der Waals surface area contributed by atoms with Crippen molar-refractivity contribution in [1.82, 2.24) is 4.90 Å². The summed E-state index contributed by atoms with van der Waals surface area (Å²) < 4.78 is 5.68. The summed E-state index contributed by atoms with van der Waals surface area (Å²) in [7, 11) is 0. The maximum Gasteiger partial charge on any atom is 0.115 e. The van der Waals surface area contributed by atoms with Gasteiger partial charge < -0.3 is 4.74 Å². The molecule has 1 aliphatic carbocycles. The van der Waals surface area contributed by atoms with Crippen LogP contribution >= 0.6 is 0 Å². The van der Waals surface area contributed by atoms with Crippen LogP contribution in [-0.2, 0) is 4.74 Å². The lowest BCUT2D eigenvalue weighted by atomic mass is 10.2. The lowest BCUT2D eigenvalue weighted by Crippen LogP contribution is -2.23. The molecule has 0 unspecified atom stereocenters. The Morgan fingerprint density at radius 3 is 2.79 bits per heavy atom. The maximum absolute atomic E-state index is 5.68. The number of allylic oxidation sites excluding steroid dienone is 3. The lowest BCUT2D eigenvalue weighted by molar-refractivity contribution is 0.178. The quantitative estimate of drug-likeness (QED) is 0.679. The summed E-state index contributed by atoms with van der Waals surface area (Å²) >= 11 is 0. The van der Waals surface area contributed by atoms with Gasteiger partial charge in [-0.05, 0) is 50.9 Å². The fourth-order valence-corrected chi connectivity index (χ4v) is 2.00. The molecule has 0 atom stereocenters. The summed E-state index contributed by atoms with van der Waals surface area (Å²) in [5, 5.41) is 0. The number of ether oxygens (including phenoxy) is 1. The Kier molecular flexibility index (Phi) is 3.64. The van der Waals surface area contributed by atoms with E-state index in [1.807, 2.05) is 0 Å². The minimum atomic E-state index is 0.843. The first kappa shape index (κ1) is 9.78. The Bertz CT molecular complexity index is 226. The Hall–Kier alpha value is -0.760. The van der Waals surface area contributed by atoms with Gasteiger partial charge in [0.15, 0.2) is 0 Å². The molecule has 1 heterocycles. The van der Waals surface area contributed by atoms with Crippen molar-refractivity contribution in [2.45, 2.75) is 25.7 Å². The highest BCUT2D eigenvalue weighted by Crippen LogP contribution is 2.11. The van der Waals surface area contributed by atoms with E-state index in [-0.39, 0.29) is 0 Å². The summed E-state index contributed by atoms with van der Waals surface area (Å²) in [6.45, 7) is 4.46. The zero-order valence-electron chi connectivity index (χ0n) is 8.74. The number of hydrogen-bond acceptors (Lipinski definition) is 2. The normalized spacial score (nSPS) is 22.4. The molecule has 1 aliphatic heterocycles. The van der Waals surface area contributed by atoms with Gasteiger partial charge in [0.1, 0.15) is 12.4 Å². The van der Waals surface area contributed by atoms with Crippen LogP contribution in [-0.4, -0.2) is 31.1 Å². The van der Waals surface area contributed by atoms with Crippen LogP contribution in [0.2, 0.25) is 0 Å². The van der Waals surface area contributed by atoms with Crippen LogP contribution in [0.3, 0.4) is 0 Å². The van der Waals surface area contributed by atoms with Gasteiger partial charge >= 0.3 is 0 Å². The van der Waals surface area contributed by atoms with Crippen LogP contribution in [0.15, 0.2) is 24.0 Å². The summed E-state index contributed by atoms with van der Waals surface area (Å²) in [6, 6.07) is 0. The topological polar surface area (TPSA) is 12.5 Å². The first-order valence-electron chi connectivity index (χ1n) is 5.67. The second kappa shape index (κ2) is 5.20. The molecule has 1 fully saturated rings. The second-order valence-corrected chi connectivity index (χ2v) is 3.98. The van der Waals surface area contributed by atoms with Crippen molar-refractivity contribution in [3.63, 3.8) is 0 Å². The molecule has 2 aliphatic rings. The minimum absolute atomic E-state index is 0.843. The second-order valence-electron chi connectivity index (χ2n) is 3.98. The van der Waals surface area contributed by atoms with Crippen LogP contribution in [0.1, 0.15) is 25.7 Å². The van der Waals surface area contributed by atoms with Gasteiger partial charge in [-0.1, -0.05) is 6.08 Å². The van der Waals surface area contributed by atoms with Gasteiger partial charge in [0, 0.05) is 6.54 Å². The van der Waals surface area contributed by atoms with E-state index >= 15 is 0 Å². The van der Waals surface area contributed by atoms with Gasteiger partial charge in [-0.2, -0.15) is 0 Å². The molecule has 0 saturated carbocycles. The molecular weight excluding hydrogens is 174 g/mol. The molecule has 2 heteroatoms. The van der Waals surface area contributed by atoms with Crippen molar-refractivity contribution in [3.05, 3.63) is 24.0 Å². The minimum Gasteiger partial charge on any atom is -0.493 e. The number of hydrogen-bond donors (Lipinski definition) is 0. The molecule has 2 rings (SSSR count). The summed E-state index contributed by atoms with van der Waals surface area (Å²) in [6.07, 6.45) is 11.5.